The number of aliphatic carboxylic acids is 1. The number of carbonyl (C=O) groups is 2. The fraction of sp³-hybridized carbons (Fsp3) is 0.435. The number of anilines is 1. The van der Waals surface area contributed by atoms with Gasteiger partial charge < -0.3 is 15.3 Å². The molecule has 2 aromatic rings. The second kappa shape index (κ2) is 9.66. The number of pyridine rings is 1. The van der Waals surface area contributed by atoms with Crippen LogP contribution in [0.1, 0.15) is 42.1 Å². The first-order chi connectivity index (χ1) is 15.0. The Kier molecular flexibility index (Phi) is 6.73. The van der Waals surface area contributed by atoms with Crippen LogP contribution in [-0.4, -0.2) is 52.5 Å². The Labute approximate surface area is 186 Å². The van der Waals surface area contributed by atoms with Crippen LogP contribution >= 0.6 is 11.6 Å². The number of amides is 1. The monoisotopic (exact) mass is 442 g/mol. The smallest absolute Gasteiger partial charge is 0.305 e. The first-order valence-corrected chi connectivity index (χ1v) is 11.1. The van der Waals surface area contributed by atoms with Crippen LogP contribution in [0.4, 0.5) is 5.82 Å². The summed E-state index contributed by atoms with van der Waals surface area (Å²) in [4.78, 5) is 30.8. The largest absolute Gasteiger partial charge is 0.481 e. The number of halogens is 1. The number of benzene rings is 1. The van der Waals surface area contributed by atoms with Crippen molar-refractivity contribution in [1.82, 2.24) is 15.2 Å². The minimum absolute atomic E-state index is 0.00787. The molecule has 1 aromatic heterocycles. The zero-order chi connectivity index (χ0) is 21.8. The molecule has 2 aliphatic heterocycles. The fourth-order valence-electron chi connectivity index (χ4n) is 4.29. The Hall–Kier alpha value is -2.64. The molecule has 7 nitrogen and oxygen atoms in total. The molecule has 8 heteroatoms. The van der Waals surface area contributed by atoms with E-state index in [1.807, 2.05) is 17.0 Å². The topological polar surface area (TPSA) is 94.6 Å². The summed E-state index contributed by atoms with van der Waals surface area (Å²) in [6.45, 7) is 2.20. The average molecular weight is 443 g/mol. The first kappa shape index (κ1) is 21.6. The highest BCUT2D eigenvalue weighted by molar-refractivity contribution is 6.30. The molecule has 164 valence electrons. The van der Waals surface area contributed by atoms with E-state index in [9.17, 15) is 14.7 Å². The van der Waals surface area contributed by atoms with Crippen molar-refractivity contribution in [2.45, 2.75) is 44.2 Å². The summed E-state index contributed by atoms with van der Waals surface area (Å²) in [6.07, 6.45) is 3.41. The van der Waals surface area contributed by atoms with Crippen LogP contribution in [0.5, 0.6) is 0 Å². The molecular formula is C23H27ClN4O3. The molecule has 1 aromatic carbocycles. The van der Waals surface area contributed by atoms with Crippen molar-refractivity contribution in [3.8, 4) is 0 Å². The Balaban J connectivity index is 1.37. The van der Waals surface area contributed by atoms with E-state index in [1.54, 1.807) is 18.2 Å². The van der Waals surface area contributed by atoms with Crippen molar-refractivity contribution in [1.29, 1.82) is 0 Å². The van der Waals surface area contributed by atoms with Crippen LogP contribution in [0.25, 0.3) is 0 Å². The number of hydrogen-bond donors (Lipinski definition) is 3. The van der Waals surface area contributed by atoms with E-state index in [0.29, 0.717) is 31.0 Å². The van der Waals surface area contributed by atoms with Gasteiger partial charge in [0.1, 0.15) is 5.82 Å². The van der Waals surface area contributed by atoms with Gasteiger partial charge in [-0.05, 0) is 48.6 Å². The SMILES string of the molecule is O=C(O)CC(N[C@@H]1CCN(CCc2ccc3c(n2)NCCC3)C1=O)c1cccc(Cl)c1. The summed E-state index contributed by atoms with van der Waals surface area (Å²) in [5, 5.41) is 16.5. The molecule has 1 fully saturated rings. The minimum atomic E-state index is -0.924. The van der Waals surface area contributed by atoms with Crippen molar-refractivity contribution in [2.75, 3.05) is 25.0 Å². The zero-order valence-electron chi connectivity index (χ0n) is 17.3. The quantitative estimate of drug-likeness (QED) is 0.581. The van der Waals surface area contributed by atoms with E-state index in [4.69, 9.17) is 16.6 Å². The molecule has 2 atom stereocenters. The standard InChI is InChI=1S/C23H27ClN4O3/c24-17-5-1-3-16(13-17)20(14-21(29)30)27-19-9-12-28(23(19)31)11-8-18-7-6-15-4-2-10-25-22(15)26-18/h1,3,5-7,13,19-20,27H,2,4,8-12,14H2,(H,25,26)(H,29,30)/t19-,20?/m1/s1. The van der Waals surface area contributed by atoms with Gasteiger partial charge in [-0.25, -0.2) is 4.98 Å². The number of aromatic nitrogens is 1. The second-order valence-electron chi connectivity index (χ2n) is 8.13. The third-order valence-corrected chi connectivity index (χ3v) is 6.15. The highest BCUT2D eigenvalue weighted by atomic mass is 35.5. The Morgan fingerprint density at radius 2 is 2.23 bits per heavy atom. The summed E-state index contributed by atoms with van der Waals surface area (Å²) in [7, 11) is 0. The molecule has 3 N–H and O–H groups in total. The number of likely N-dealkylation sites (tertiary alicyclic amines) is 1. The molecule has 31 heavy (non-hydrogen) atoms. The summed E-state index contributed by atoms with van der Waals surface area (Å²) in [5.41, 5.74) is 2.99. The molecule has 2 aliphatic rings. The maximum Gasteiger partial charge on any atom is 0.305 e. The van der Waals surface area contributed by atoms with Crippen molar-refractivity contribution in [3.05, 3.63) is 58.2 Å². The van der Waals surface area contributed by atoms with Crippen LogP contribution in [0.15, 0.2) is 36.4 Å². The lowest BCUT2D eigenvalue weighted by atomic mass is 10.0. The third kappa shape index (κ3) is 5.35. The van der Waals surface area contributed by atoms with Gasteiger partial charge in [0.25, 0.3) is 0 Å². The number of nitrogens with one attached hydrogen (secondary N) is 2. The maximum absolute atomic E-state index is 12.9. The molecule has 1 unspecified atom stereocenters. The number of rotatable bonds is 8. The van der Waals surface area contributed by atoms with Gasteiger partial charge in [0, 0.05) is 42.8 Å². The van der Waals surface area contributed by atoms with Crippen molar-refractivity contribution < 1.29 is 14.7 Å². The number of aryl methyl sites for hydroxylation is 1. The maximum atomic E-state index is 12.9. The number of carboxylic acid groups (broad SMARTS) is 1. The highest BCUT2D eigenvalue weighted by Crippen LogP contribution is 2.24. The number of fused-ring (bicyclic) bond motifs is 1. The fourth-order valence-corrected chi connectivity index (χ4v) is 4.49. The molecule has 3 heterocycles. The van der Waals surface area contributed by atoms with E-state index < -0.39 is 18.1 Å². The van der Waals surface area contributed by atoms with Gasteiger partial charge in [-0.1, -0.05) is 29.8 Å². The van der Waals surface area contributed by atoms with Crippen molar-refractivity contribution >= 4 is 29.3 Å². The van der Waals surface area contributed by atoms with Gasteiger partial charge >= 0.3 is 5.97 Å². The minimum Gasteiger partial charge on any atom is -0.481 e. The van der Waals surface area contributed by atoms with Crippen LogP contribution < -0.4 is 10.6 Å². The van der Waals surface area contributed by atoms with Gasteiger partial charge in [0.05, 0.1) is 12.5 Å². The van der Waals surface area contributed by atoms with E-state index >= 15 is 0 Å². The van der Waals surface area contributed by atoms with Crippen LogP contribution in [0.3, 0.4) is 0 Å². The zero-order valence-corrected chi connectivity index (χ0v) is 18.1. The predicted molar refractivity (Wildman–Crippen MR) is 119 cm³/mol. The van der Waals surface area contributed by atoms with Crippen LogP contribution in [-0.2, 0) is 22.4 Å². The first-order valence-electron chi connectivity index (χ1n) is 10.7. The van der Waals surface area contributed by atoms with Crippen LogP contribution in [0.2, 0.25) is 5.02 Å². The molecular weight excluding hydrogens is 416 g/mol. The summed E-state index contributed by atoms with van der Waals surface area (Å²) < 4.78 is 0. The number of hydrogen-bond acceptors (Lipinski definition) is 5. The van der Waals surface area contributed by atoms with Crippen molar-refractivity contribution in [3.63, 3.8) is 0 Å². The Bertz CT molecular complexity index is 968. The molecule has 1 amide bonds. The molecule has 1 saturated heterocycles. The van der Waals surface area contributed by atoms with E-state index in [0.717, 1.165) is 36.5 Å². The summed E-state index contributed by atoms with van der Waals surface area (Å²) in [6, 6.07) is 10.4. The van der Waals surface area contributed by atoms with E-state index in [1.165, 1.54) is 5.56 Å². The van der Waals surface area contributed by atoms with Gasteiger partial charge in [0.15, 0.2) is 0 Å². The van der Waals surface area contributed by atoms with E-state index in [2.05, 4.69) is 16.7 Å². The second-order valence-corrected chi connectivity index (χ2v) is 8.57. The number of nitrogens with zero attached hydrogens (tertiary/aromatic N) is 2. The number of carboxylic acids is 1. The van der Waals surface area contributed by atoms with Gasteiger partial charge in [-0.3, -0.25) is 14.9 Å². The van der Waals surface area contributed by atoms with Crippen molar-refractivity contribution in [2.24, 2.45) is 0 Å². The lowest BCUT2D eigenvalue weighted by Crippen LogP contribution is -2.41. The average Bonchev–Trinajstić information content (AvgIpc) is 3.10. The van der Waals surface area contributed by atoms with E-state index in [-0.39, 0.29) is 12.3 Å². The molecule has 0 bridgehead atoms. The Morgan fingerprint density at radius 3 is 3.03 bits per heavy atom. The van der Waals surface area contributed by atoms with Gasteiger partial charge in [-0.15, -0.1) is 0 Å². The van der Waals surface area contributed by atoms with Gasteiger partial charge in [-0.2, -0.15) is 0 Å². The summed E-state index contributed by atoms with van der Waals surface area (Å²) in [5.74, 6) is 0.0504. The Morgan fingerprint density at radius 1 is 1.35 bits per heavy atom. The molecule has 0 radical (unpaired) electrons. The highest BCUT2D eigenvalue weighted by Gasteiger charge is 2.33. The predicted octanol–water partition coefficient (Wildman–Crippen LogP) is 3.04. The number of carbonyl (C=O) groups excluding carboxylic acids is 1. The third-order valence-electron chi connectivity index (χ3n) is 5.92. The molecule has 0 aliphatic carbocycles. The molecule has 0 saturated carbocycles. The normalized spacial score (nSPS) is 19.1. The van der Waals surface area contributed by atoms with Crippen LogP contribution in [0, 0.1) is 0 Å². The molecule has 4 rings (SSSR count). The summed E-state index contributed by atoms with van der Waals surface area (Å²) >= 11 is 6.08. The molecule has 0 spiro atoms. The lowest BCUT2D eigenvalue weighted by Gasteiger charge is -2.22. The lowest BCUT2D eigenvalue weighted by molar-refractivity contribution is -0.138. The van der Waals surface area contributed by atoms with Gasteiger partial charge in [0.2, 0.25) is 5.91 Å².